The maximum atomic E-state index is 11.8. The SMILES string of the molecule is CC1CCCC(NCCN=[N+]=[N-])(C(N)=O)C1C. The van der Waals surface area contributed by atoms with E-state index in [4.69, 9.17) is 11.3 Å². The first-order valence-corrected chi connectivity index (χ1v) is 6.10. The molecule has 1 aliphatic carbocycles. The second-order valence-corrected chi connectivity index (χ2v) is 4.88. The Bertz CT molecular complexity index is 326. The predicted molar refractivity (Wildman–Crippen MR) is 66.1 cm³/mol. The smallest absolute Gasteiger partial charge is 0.238 e. The summed E-state index contributed by atoms with van der Waals surface area (Å²) in [4.78, 5) is 14.4. The van der Waals surface area contributed by atoms with Crippen molar-refractivity contribution in [3.8, 4) is 0 Å². The predicted octanol–water partition coefficient (Wildman–Crippen LogP) is 1.57. The molecule has 0 aliphatic heterocycles. The van der Waals surface area contributed by atoms with Crippen molar-refractivity contribution in [2.24, 2.45) is 22.7 Å². The Labute approximate surface area is 102 Å². The van der Waals surface area contributed by atoms with Crippen molar-refractivity contribution >= 4 is 5.91 Å². The number of carbonyl (C=O) groups is 1. The molecule has 1 amide bonds. The monoisotopic (exact) mass is 239 g/mol. The molecule has 0 spiro atoms. The van der Waals surface area contributed by atoms with Gasteiger partial charge in [0.2, 0.25) is 5.91 Å². The quantitative estimate of drug-likeness (QED) is 0.329. The number of carbonyl (C=O) groups excluding carboxylic acids is 1. The van der Waals surface area contributed by atoms with E-state index in [2.05, 4.69) is 29.2 Å². The number of azide groups is 1. The molecule has 1 fully saturated rings. The topological polar surface area (TPSA) is 104 Å². The van der Waals surface area contributed by atoms with Gasteiger partial charge in [0.05, 0.1) is 0 Å². The van der Waals surface area contributed by atoms with E-state index >= 15 is 0 Å². The van der Waals surface area contributed by atoms with E-state index < -0.39 is 5.54 Å². The zero-order valence-corrected chi connectivity index (χ0v) is 10.5. The summed E-state index contributed by atoms with van der Waals surface area (Å²) in [5.41, 5.74) is 13.1. The first-order chi connectivity index (χ1) is 8.04. The van der Waals surface area contributed by atoms with Crippen LogP contribution in [0.1, 0.15) is 33.1 Å². The lowest BCUT2D eigenvalue weighted by atomic mass is 9.68. The molecule has 1 rings (SSSR count). The molecule has 3 N–H and O–H groups in total. The fourth-order valence-corrected chi connectivity index (χ4v) is 2.72. The van der Waals surface area contributed by atoms with Crippen LogP contribution in [-0.2, 0) is 4.79 Å². The summed E-state index contributed by atoms with van der Waals surface area (Å²) in [6, 6.07) is 0. The van der Waals surface area contributed by atoms with Crippen molar-refractivity contribution in [1.29, 1.82) is 0 Å². The van der Waals surface area contributed by atoms with Crippen molar-refractivity contribution in [2.75, 3.05) is 13.1 Å². The van der Waals surface area contributed by atoms with Gasteiger partial charge in [0, 0.05) is 18.0 Å². The van der Waals surface area contributed by atoms with Gasteiger partial charge < -0.3 is 11.1 Å². The van der Waals surface area contributed by atoms with E-state index in [1.54, 1.807) is 0 Å². The molecule has 1 aliphatic rings. The van der Waals surface area contributed by atoms with Gasteiger partial charge in [0.15, 0.2) is 0 Å². The summed E-state index contributed by atoms with van der Waals surface area (Å²) in [7, 11) is 0. The summed E-state index contributed by atoms with van der Waals surface area (Å²) in [6.07, 6.45) is 2.90. The zero-order chi connectivity index (χ0) is 12.9. The number of nitrogens with zero attached hydrogens (tertiary/aromatic N) is 3. The van der Waals surface area contributed by atoms with Crippen LogP contribution in [0, 0.1) is 11.8 Å². The summed E-state index contributed by atoms with van der Waals surface area (Å²) in [5, 5.41) is 6.67. The molecule has 6 nitrogen and oxygen atoms in total. The van der Waals surface area contributed by atoms with Gasteiger partial charge in [-0.15, -0.1) is 0 Å². The van der Waals surface area contributed by atoms with Crippen LogP contribution >= 0.6 is 0 Å². The molecule has 1 saturated carbocycles. The average molecular weight is 239 g/mol. The summed E-state index contributed by atoms with van der Waals surface area (Å²) in [6.45, 7) is 5.04. The molecular weight excluding hydrogens is 218 g/mol. The van der Waals surface area contributed by atoms with E-state index in [1.165, 1.54) is 0 Å². The molecule has 96 valence electrons. The maximum absolute atomic E-state index is 11.8. The molecule has 0 saturated heterocycles. The Kier molecular flexibility index (Phi) is 4.78. The summed E-state index contributed by atoms with van der Waals surface area (Å²) in [5.74, 6) is 0.389. The third-order valence-corrected chi connectivity index (χ3v) is 4.02. The number of nitrogens with one attached hydrogen (secondary N) is 1. The molecular formula is C11H21N5O. The third-order valence-electron chi connectivity index (χ3n) is 4.02. The van der Waals surface area contributed by atoms with Crippen molar-refractivity contribution in [2.45, 2.75) is 38.6 Å². The molecule has 0 radical (unpaired) electrons. The molecule has 0 aromatic rings. The molecule has 0 aromatic heterocycles. The van der Waals surface area contributed by atoms with Crippen LogP contribution in [0.3, 0.4) is 0 Å². The lowest BCUT2D eigenvalue weighted by Gasteiger charge is -2.44. The highest BCUT2D eigenvalue weighted by atomic mass is 16.1. The molecule has 3 atom stereocenters. The van der Waals surface area contributed by atoms with Gasteiger partial charge in [-0.05, 0) is 23.8 Å². The first-order valence-electron chi connectivity index (χ1n) is 6.10. The van der Waals surface area contributed by atoms with E-state index in [9.17, 15) is 4.79 Å². The van der Waals surface area contributed by atoms with Gasteiger partial charge in [-0.1, -0.05) is 31.8 Å². The second-order valence-electron chi connectivity index (χ2n) is 4.88. The van der Waals surface area contributed by atoms with Crippen molar-refractivity contribution < 1.29 is 4.79 Å². The van der Waals surface area contributed by atoms with Gasteiger partial charge >= 0.3 is 0 Å². The van der Waals surface area contributed by atoms with Crippen LogP contribution in [0.5, 0.6) is 0 Å². The molecule has 0 aromatic carbocycles. The minimum atomic E-state index is -0.636. The molecule has 6 heteroatoms. The molecule has 0 heterocycles. The third kappa shape index (κ3) is 2.90. The summed E-state index contributed by atoms with van der Waals surface area (Å²) >= 11 is 0. The Morgan fingerprint density at radius 1 is 1.65 bits per heavy atom. The lowest BCUT2D eigenvalue weighted by molar-refractivity contribution is -0.129. The van der Waals surface area contributed by atoms with Crippen LogP contribution in [0.4, 0.5) is 0 Å². The molecule has 17 heavy (non-hydrogen) atoms. The van der Waals surface area contributed by atoms with Crippen molar-refractivity contribution in [1.82, 2.24) is 5.32 Å². The number of rotatable bonds is 5. The Balaban J connectivity index is 2.73. The van der Waals surface area contributed by atoms with Gasteiger partial charge in [0.1, 0.15) is 5.54 Å². The molecule has 3 unspecified atom stereocenters. The number of primary amides is 1. The summed E-state index contributed by atoms with van der Waals surface area (Å²) < 4.78 is 0. The van der Waals surface area contributed by atoms with E-state index in [1.807, 2.05) is 0 Å². The first kappa shape index (κ1) is 13.8. The number of amides is 1. The van der Waals surface area contributed by atoms with E-state index in [0.29, 0.717) is 19.0 Å². The maximum Gasteiger partial charge on any atom is 0.238 e. The van der Waals surface area contributed by atoms with Gasteiger partial charge in [-0.25, -0.2) is 0 Å². The minimum absolute atomic E-state index is 0.208. The number of hydrogen-bond acceptors (Lipinski definition) is 3. The highest BCUT2D eigenvalue weighted by Gasteiger charge is 2.45. The fourth-order valence-electron chi connectivity index (χ4n) is 2.72. The van der Waals surface area contributed by atoms with E-state index in [-0.39, 0.29) is 11.8 Å². The lowest BCUT2D eigenvalue weighted by Crippen LogP contribution is -2.62. The minimum Gasteiger partial charge on any atom is -0.368 e. The van der Waals surface area contributed by atoms with Gasteiger partial charge in [-0.3, -0.25) is 4.79 Å². The Morgan fingerprint density at radius 3 is 2.94 bits per heavy atom. The highest BCUT2D eigenvalue weighted by Crippen LogP contribution is 2.37. The van der Waals surface area contributed by atoms with Crippen molar-refractivity contribution in [3.05, 3.63) is 10.4 Å². The largest absolute Gasteiger partial charge is 0.368 e. The Hall–Kier alpha value is -1.26. The normalized spacial score (nSPS) is 32.8. The fraction of sp³-hybridized carbons (Fsp3) is 0.909. The van der Waals surface area contributed by atoms with E-state index in [0.717, 1.165) is 19.3 Å². The zero-order valence-electron chi connectivity index (χ0n) is 10.5. The molecule has 0 bridgehead atoms. The van der Waals surface area contributed by atoms with Gasteiger partial charge in [-0.2, -0.15) is 0 Å². The van der Waals surface area contributed by atoms with Crippen LogP contribution in [-0.4, -0.2) is 24.5 Å². The number of nitrogens with two attached hydrogens (primary N) is 1. The van der Waals surface area contributed by atoms with Gasteiger partial charge in [0.25, 0.3) is 0 Å². The Morgan fingerprint density at radius 2 is 2.35 bits per heavy atom. The van der Waals surface area contributed by atoms with Crippen LogP contribution in [0.15, 0.2) is 5.11 Å². The second kappa shape index (κ2) is 5.89. The van der Waals surface area contributed by atoms with Crippen LogP contribution in [0.2, 0.25) is 0 Å². The standard InChI is InChI=1S/C11H21N5O/c1-8-4-3-5-11(9(8)2,10(12)17)14-6-7-15-16-13/h8-9,14H,3-7H2,1-2H3,(H2,12,17). The van der Waals surface area contributed by atoms with Crippen LogP contribution in [0.25, 0.3) is 10.4 Å². The van der Waals surface area contributed by atoms with Crippen molar-refractivity contribution in [3.63, 3.8) is 0 Å². The highest BCUT2D eigenvalue weighted by molar-refractivity contribution is 5.85. The number of hydrogen-bond donors (Lipinski definition) is 2. The van der Waals surface area contributed by atoms with Crippen LogP contribution < -0.4 is 11.1 Å². The average Bonchev–Trinajstić information content (AvgIpc) is 2.29.